The van der Waals surface area contributed by atoms with Crippen LogP contribution in [0.5, 0.6) is 0 Å². The largest absolute Gasteiger partial charge is 0.469 e. The van der Waals surface area contributed by atoms with E-state index in [-0.39, 0.29) is 24.0 Å². The van der Waals surface area contributed by atoms with Gasteiger partial charge in [0, 0.05) is 18.2 Å². The summed E-state index contributed by atoms with van der Waals surface area (Å²) in [6.07, 6.45) is 2.65. The quantitative estimate of drug-likeness (QED) is 0.789. The van der Waals surface area contributed by atoms with Crippen LogP contribution in [-0.4, -0.2) is 18.0 Å². The molecule has 1 aromatic carbocycles. The molecule has 0 saturated carbocycles. The molecule has 126 valence electrons. The fourth-order valence-electron chi connectivity index (χ4n) is 2.85. The third-order valence-corrected chi connectivity index (χ3v) is 4.07. The molecule has 0 spiro atoms. The number of fused-ring (bicyclic) bond motifs is 1. The van der Waals surface area contributed by atoms with E-state index >= 15 is 0 Å². The van der Waals surface area contributed by atoms with Crippen LogP contribution in [0.3, 0.4) is 0 Å². The van der Waals surface area contributed by atoms with Gasteiger partial charge in [0.05, 0.1) is 18.7 Å². The van der Waals surface area contributed by atoms with Gasteiger partial charge in [-0.15, -0.1) is 0 Å². The first-order chi connectivity index (χ1) is 11.5. The number of furan rings is 1. The van der Waals surface area contributed by atoms with Crippen LogP contribution < -0.4 is 16.0 Å². The molecule has 6 heteroatoms. The van der Waals surface area contributed by atoms with E-state index in [0.717, 1.165) is 22.6 Å². The Morgan fingerprint density at radius 1 is 1.29 bits per heavy atom. The van der Waals surface area contributed by atoms with Crippen LogP contribution in [0.15, 0.2) is 41.0 Å². The highest BCUT2D eigenvalue weighted by molar-refractivity contribution is 5.99. The monoisotopic (exact) mass is 327 g/mol. The second-order valence-electron chi connectivity index (χ2n) is 6.17. The molecular formula is C18H21N3O3. The zero-order valence-electron chi connectivity index (χ0n) is 13.8. The number of carbonyl (C=O) groups excluding carboxylic acids is 2. The molecule has 0 fully saturated rings. The standard InChI is InChI=1S/C18H21N3O3/c1-11(8-15-4-3-7-24-15)19-18(23)20-12(2)13-5-6-16-14(9-13)10-17(22)21-16/h3-7,9,11-12H,8,10H2,1-2H3,(H,21,22)(H2,19,20,23)/t11-,12+/m0/s1. The van der Waals surface area contributed by atoms with E-state index < -0.39 is 0 Å². The summed E-state index contributed by atoms with van der Waals surface area (Å²) in [6.45, 7) is 3.85. The van der Waals surface area contributed by atoms with Crippen molar-refractivity contribution in [2.75, 3.05) is 5.32 Å². The molecule has 24 heavy (non-hydrogen) atoms. The van der Waals surface area contributed by atoms with E-state index in [2.05, 4.69) is 16.0 Å². The molecule has 3 rings (SSSR count). The molecule has 2 aromatic rings. The van der Waals surface area contributed by atoms with Crippen LogP contribution >= 0.6 is 0 Å². The van der Waals surface area contributed by atoms with Crippen molar-refractivity contribution in [2.24, 2.45) is 0 Å². The van der Waals surface area contributed by atoms with E-state index in [1.54, 1.807) is 6.26 Å². The summed E-state index contributed by atoms with van der Waals surface area (Å²) in [6, 6.07) is 9.07. The van der Waals surface area contributed by atoms with Crippen molar-refractivity contribution in [1.82, 2.24) is 10.6 Å². The first-order valence-electron chi connectivity index (χ1n) is 8.03. The summed E-state index contributed by atoms with van der Waals surface area (Å²) >= 11 is 0. The maximum atomic E-state index is 12.1. The minimum absolute atomic E-state index is 0.00672. The van der Waals surface area contributed by atoms with Crippen molar-refractivity contribution < 1.29 is 14.0 Å². The first kappa shape index (κ1) is 16.1. The number of nitrogens with one attached hydrogen (secondary N) is 3. The molecule has 0 unspecified atom stereocenters. The van der Waals surface area contributed by atoms with Crippen molar-refractivity contribution in [3.8, 4) is 0 Å². The van der Waals surface area contributed by atoms with Gasteiger partial charge in [0.1, 0.15) is 5.76 Å². The summed E-state index contributed by atoms with van der Waals surface area (Å²) < 4.78 is 5.28. The lowest BCUT2D eigenvalue weighted by atomic mass is 10.0. The van der Waals surface area contributed by atoms with E-state index in [0.29, 0.717) is 12.8 Å². The predicted molar refractivity (Wildman–Crippen MR) is 90.7 cm³/mol. The van der Waals surface area contributed by atoms with Crippen molar-refractivity contribution >= 4 is 17.6 Å². The van der Waals surface area contributed by atoms with Gasteiger partial charge in [0.15, 0.2) is 0 Å². The molecule has 1 aromatic heterocycles. The number of rotatable bonds is 5. The lowest BCUT2D eigenvalue weighted by Crippen LogP contribution is -2.42. The van der Waals surface area contributed by atoms with Crippen LogP contribution in [-0.2, 0) is 17.6 Å². The molecular weight excluding hydrogens is 306 g/mol. The van der Waals surface area contributed by atoms with Gasteiger partial charge in [-0.05, 0) is 43.2 Å². The summed E-state index contributed by atoms with van der Waals surface area (Å²) in [4.78, 5) is 23.5. The number of anilines is 1. The molecule has 2 atom stereocenters. The Morgan fingerprint density at radius 3 is 2.88 bits per heavy atom. The molecule has 3 amide bonds. The van der Waals surface area contributed by atoms with E-state index in [1.807, 2.05) is 44.2 Å². The molecule has 0 aliphatic carbocycles. The third kappa shape index (κ3) is 3.76. The Morgan fingerprint density at radius 2 is 2.12 bits per heavy atom. The van der Waals surface area contributed by atoms with Crippen molar-refractivity contribution in [2.45, 2.75) is 38.8 Å². The minimum Gasteiger partial charge on any atom is -0.469 e. The van der Waals surface area contributed by atoms with Crippen LogP contribution in [0, 0.1) is 0 Å². The fraction of sp³-hybridized carbons (Fsp3) is 0.333. The number of benzene rings is 1. The lowest BCUT2D eigenvalue weighted by molar-refractivity contribution is -0.115. The maximum Gasteiger partial charge on any atom is 0.315 e. The topological polar surface area (TPSA) is 83.4 Å². The number of carbonyl (C=O) groups is 2. The average Bonchev–Trinajstić information content (AvgIpc) is 3.13. The van der Waals surface area contributed by atoms with Crippen LogP contribution in [0.1, 0.15) is 36.8 Å². The molecule has 0 radical (unpaired) electrons. The average molecular weight is 327 g/mol. The highest BCUT2D eigenvalue weighted by Gasteiger charge is 2.19. The van der Waals surface area contributed by atoms with Crippen molar-refractivity contribution in [3.63, 3.8) is 0 Å². The van der Waals surface area contributed by atoms with Gasteiger partial charge in [0.2, 0.25) is 5.91 Å². The van der Waals surface area contributed by atoms with Gasteiger partial charge in [-0.1, -0.05) is 12.1 Å². The summed E-state index contributed by atoms with van der Waals surface area (Å²) in [5.74, 6) is 0.846. The Balaban J connectivity index is 1.54. The molecule has 0 saturated heterocycles. The maximum absolute atomic E-state index is 12.1. The molecule has 0 bridgehead atoms. The van der Waals surface area contributed by atoms with Crippen LogP contribution in [0.4, 0.5) is 10.5 Å². The third-order valence-electron chi connectivity index (χ3n) is 4.07. The number of urea groups is 1. The first-order valence-corrected chi connectivity index (χ1v) is 8.03. The summed E-state index contributed by atoms with van der Waals surface area (Å²) in [5.41, 5.74) is 2.80. The zero-order chi connectivity index (χ0) is 17.1. The molecule has 1 aliphatic rings. The zero-order valence-corrected chi connectivity index (χ0v) is 13.8. The van der Waals surface area contributed by atoms with E-state index in [4.69, 9.17) is 4.42 Å². The van der Waals surface area contributed by atoms with Gasteiger partial charge in [-0.3, -0.25) is 4.79 Å². The number of hydrogen-bond acceptors (Lipinski definition) is 3. The molecule has 1 aliphatic heterocycles. The van der Waals surface area contributed by atoms with Gasteiger partial charge >= 0.3 is 6.03 Å². The SMILES string of the molecule is C[C@@H](Cc1ccco1)NC(=O)N[C@H](C)c1ccc2c(c1)CC(=O)N2. The second kappa shape index (κ2) is 6.78. The summed E-state index contributed by atoms with van der Waals surface area (Å²) in [7, 11) is 0. The smallest absolute Gasteiger partial charge is 0.315 e. The van der Waals surface area contributed by atoms with E-state index in [1.165, 1.54) is 0 Å². The number of amides is 3. The Bertz CT molecular complexity index is 740. The Kier molecular flexibility index (Phi) is 4.55. The highest BCUT2D eigenvalue weighted by atomic mass is 16.3. The van der Waals surface area contributed by atoms with Gasteiger partial charge < -0.3 is 20.4 Å². The van der Waals surface area contributed by atoms with Crippen LogP contribution in [0.2, 0.25) is 0 Å². The molecule has 6 nitrogen and oxygen atoms in total. The second-order valence-corrected chi connectivity index (χ2v) is 6.17. The molecule has 3 N–H and O–H groups in total. The van der Waals surface area contributed by atoms with Crippen molar-refractivity contribution in [3.05, 3.63) is 53.5 Å². The van der Waals surface area contributed by atoms with Crippen LogP contribution in [0.25, 0.3) is 0 Å². The van der Waals surface area contributed by atoms with Gasteiger partial charge in [0.25, 0.3) is 0 Å². The van der Waals surface area contributed by atoms with Crippen molar-refractivity contribution in [1.29, 1.82) is 0 Å². The van der Waals surface area contributed by atoms with Gasteiger partial charge in [-0.2, -0.15) is 0 Å². The Labute approximate surface area is 140 Å². The highest BCUT2D eigenvalue weighted by Crippen LogP contribution is 2.26. The fourth-order valence-corrected chi connectivity index (χ4v) is 2.85. The predicted octanol–water partition coefficient (Wildman–Crippen LogP) is 2.77. The lowest BCUT2D eigenvalue weighted by Gasteiger charge is -2.18. The summed E-state index contributed by atoms with van der Waals surface area (Å²) in [5, 5.41) is 8.63. The normalized spacial score (nSPS) is 15.3. The number of hydrogen-bond donors (Lipinski definition) is 3. The minimum atomic E-state index is -0.226. The van der Waals surface area contributed by atoms with Gasteiger partial charge in [-0.25, -0.2) is 4.79 Å². The Hall–Kier alpha value is -2.76. The van der Waals surface area contributed by atoms with E-state index in [9.17, 15) is 9.59 Å². The molecule has 2 heterocycles.